The van der Waals surface area contributed by atoms with Gasteiger partial charge in [-0.3, -0.25) is 9.69 Å². The van der Waals surface area contributed by atoms with Crippen molar-refractivity contribution < 1.29 is 4.79 Å². The van der Waals surface area contributed by atoms with E-state index in [0.29, 0.717) is 11.6 Å². The van der Waals surface area contributed by atoms with Gasteiger partial charge in [-0.25, -0.2) is 0 Å². The van der Waals surface area contributed by atoms with Gasteiger partial charge in [0.05, 0.1) is 6.54 Å². The number of nitrogens with zero attached hydrogens (tertiary/aromatic N) is 2. The van der Waals surface area contributed by atoms with Crippen LogP contribution in [0.2, 0.25) is 5.02 Å². The molecule has 4 nitrogen and oxygen atoms in total. The van der Waals surface area contributed by atoms with Gasteiger partial charge in [-0.05, 0) is 31.7 Å². The van der Waals surface area contributed by atoms with Crippen molar-refractivity contribution in [1.29, 1.82) is 0 Å². The van der Waals surface area contributed by atoms with Crippen LogP contribution in [-0.2, 0) is 4.79 Å². The Bertz CT molecular complexity index is 456. The molecule has 1 aliphatic rings. The third kappa shape index (κ3) is 4.20. The Balaban J connectivity index is 1.89. The van der Waals surface area contributed by atoms with Crippen LogP contribution in [0.4, 0.5) is 5.69 Å². The monoisotopic (exact) mass is 281 g/mol. The number of aryl methyl sites for hydroxylation is 1. The Hall–Kier alpha value is -1.10. The molecule has 0 aromatic heterocycles. The van der Waals surface area contributed by atoms with Crippen molar-refractivity contribution in [2.24, 2.45) is 0 Å². The molecule has 0 spiro atoms. The van der Waals surface area contributed by atoms with Crippen LogP contribution in [0.1, 0.15) is 5.56 Å². The third-order valence-electron chi connectivity index (χ3n) is 3.44. The van der Waals surface area contributed by atoms with Crippen molar-refractivity contribution in [1.82, 2.24) is 9.80 Å². The van der Waals surface area contributed by atoms with Gasteiger partial charge >= 0.3 is 0 Å². The molecule has 0 atom stereocenters. The predicted octanol–water partition coefficient (Wildman–Crippen LogP) is 1.83. The first-order chi connectivity index (χ1) is 9.04. The van der Waals surface area contributed by atoms with Crippen LogP contribution in [0.3, 0.4) is 0 Å². The lowest BCUT2D eigenvalue weighted by molar-refractivity contribution is -0.117. The molecule has 0 aliphatic carbocycles. The SMILES string of the molecule is Cc1ccc(Cl)cc1NC(=O)CN1CCN(C)CC1. The molecule has 19 heavy (non-hydrogen) atoms. The lowest BCUT2D eigenvalue weighted by Crippen LogP contribution is -2.47. The van der Waals surface area contributed by atoms with E-state index in [0.717, 1.165) is 37.4 Å². The van der Waals surface area contributed by atoms with Crippen molar-refractivity contribution in [3.63, 3.8) is 0 Å². The molecule has 0 unspecified atom stereocenters. The first kappa shape index (κ1) is 14.3. The molecule has 0 saturated carbocycles. The number of anilines is 1. The zero-order chi connectivity index (χ0) is 13.8. The van der Waals surface area contributed by atoms with Gasteiger partial charge < -0.3 is 10.2 Å². The van der Waals surface area contributed by atoms with Crippen LogP contribution >= 0.6 is 11.6 Å². The summed E-state index contributed by atoms with van der Waals surface area (Å²) in [5.41, 5.74) is 1.82. The number of rotatable bonds is 3. The van der Waals surface area contributed by atoms with E-state index in [-0.39, 0.29) is 5.91 Å². The van der Waals surface area contributed by atoms with Gasteiger partial charge in [0.15, 0.2) is 0 Å². The second-order valence-electron chi connectivity index (χ2n) is 5.09. The highest BCUT2D eigenvalue weighted by molar-refractivity contribution is 6.31. The fourth-order valence-electron chi connectivity index (χ4n) is 2.13. The van der Waals surface area contributed by atoms with Crippen molar-refractivity contribution in [2.45, 2.75) is 6.92 Å². The van der Waals surface area contributed by atoms with Crippen molar-refractivity contribution in [3.8, 4) is 0 Å². The third-order valence-corrected chi connectivity index (χ3v) is 3.67. The summed E-state index contributed by atoms with van der Waals surface area (Å²) in [6, 6.07) is 5.53. The number of hydrogen-bond donors (Lipinski definition) is 1. The fourth-order valence-corrected chi connectivity index (χ4v) is 2.30. The summed E-state index contributed by atoms with van der Waals surface area (Å²) < 4.78 is 0. The average Bonchev–Trinajstić information content (AvgIpc) is 2.37. The Kier molecular flexibility index (Phi) is 4.80. The number of nitrogens with one attached hydrogen (secondary N) is 1. The normalized spacial score (nSPS) is 17.4. The van der Waals surface area contributed by atoms with E-state index >= 15 is 0 Å². The summed E-state index contributed by atoms with van der Waals surface area (Å²) in [6.45, 7) is 6.32. The molecule has 1 amide bonds. The highest BCUT2D eigenvalue weighted by Crippen LogP contribution is 2.20. The molecule has 1 saturated heterocycles. The molecule has 1 aliphatic heterocycles. The van der Waals surface area contributed by atoms with Gasteiger partial charge in [-0.1, -0.05) is 17.7 Å². The predicted molar refractivity (Wildman–Crippen MR) is 78.8 cm³/mol. The summed E-state index contributed by atoms with van der Waals surface area (Å²) in [7, 11) is 2.10. The maximum absolute atomic E-state index is 12.0. The number of halogens is 1. The van der Waals surface area contributed by atoms with E-state index in [1.54, 1.807) is 6.07 Å². The maximum atomic E-state index is 12.0. The van der Waals surface area contributed by atoms with Gasteiger partial charge in [0.25, 0.3) is 0 Å². The van der Waals surface area contributed by atoms with E-state index in [1.807, 2.05) is 19.1 Å². The second-order valence-corrected chi connectivity index (χ2v) is 5.52. The Labute approximate surface area is 119 Å². The molecular weight excluding hydrogens is 262 g/mol. The van der Waals surface area contributed by atoms with Gasteiger partial charge in [0.2, 0.25) is 5.91 Å². The highest BCUT2D eigenvalue weighted by atomic mass is 35.5. The van der Waals surface area contributed by atoms with Crippen molar-refractivity contribution >= 4 is 23.2 Å². The van der Waals surface area contributed by atoms with E-state index < -0.39 is 0 Å². The minimum absolute atomic E-state index is 0.0231. The van der Waals surface area contributed by atoms with Gasteiger partial charge in [0, 0.05) is 36.9 Å². The molecule has 1 aromatic carbocycles. The number of benzene rings is 1. The average molecular weight is 282 g/mol. The molecule has 104 valence electrons. The number of carbonyl (C=O) groups is 1. The van der Waals surface area contributed by atoms with E-state index in [4.69, 9.17) is 11.6 Å². The minimum Gasteiger partial charge on any atom is -0.325 e. The summed E-state index contributed by atoms with van der Waals surface area (Å²) in [5.74, 6) is 0.0231. The van der Waals surface area contributed by atoms with Gasteiger partial charge in [-0.15, -0.1) is 0 Å². The van der Waals surface area contributed by atoms with Crippen LogP contribution in [-0.4, -0.2) is 55.5 Å². The summed E-state index contributed by atoms with van der Waals surface area (Å²) >= 11 is 5.94. The van der Waals surface area contributed by atoms with Gasteiger partial charge in [-0.2, -0.15) is 0 Å². The number of piperazine rings is 1. The summed E-state index contributed by atoms with van der Waals surface area (Å²) in [5, 5.41) is 3.57. The number of likely N-dealkylation sites (N-methyl/N-ethyl adjacent to an activating group) is 1. The van der Waals surface area contributed by atoms with Crippen LogP contribution in [0.15, 0.2) is 18.2 Å². The van der Waals surface area contributed by atoms with Crippen LogP contribution in [0, 0.1) is 6.92 Å². The van der Waals surface area contributed by atoms with Crippen LogP contribution in [0.25, 0.3) is 0 Å². The quantitative estimate of drug-likeness (QED) is 0.918. The largest absolute Gasteiger partial charge is 0.325 e. The molecule has 2 rings (SSSR count). The minimum atomic E-state index is 0.0231. The molecule has 1 fully saturated rings. The van der Waals surface area contributed by atoms with E-state index in [2.05, 4.69) is 22.2 Å². The molecule has 1 heterocycles. The van der Waals surface area contributed by atoms with Gasteiger partial charge in [0.1, 0.15) is 0 Å². The first-order valence-corrected chi connectivity index (χ1v) is 6.89. The standard InChI is InChI=1S/C14H20ClN3O/c1-11-3-4-12(15)9-13(11)16-14(19)10-18-7-5-17(2)6-8-18/h3-4,9H,5-8,10H2,1-2H3,(H,16,19). The lowest BCUT2D eigenvalue weighted by Gasteiger charge is -2.31. The molecule has 0 radical (unpaired) electrons. The molecule has 5 heteroatoms. The second kappa shape index (κ2) is 6.37. The Morgan fingerprint density at radius 3 is 2.68 bits per heavy atom. The van der Waals surface area contributed by atoms with Crippen LogP contribution < -0.4 is 5.32 Å². The number of hydrogen-bond acceptors (Lipinski definition) is 3. The number of amides is 1. The Morgan fingerprint density at radius 1 is 1.32 bits per heavy atom. The van der Waals surface area contributed by atoms with E-state index in [9.17, 15) is 4.79 Å². The fraction of sp³-hybridized carbons (Fsp3) is 0.500. The van der Waals surface area contributed by atoms with E-state index in [1.165, 1.54) is 0 Å². The topological polar surface area (TPSA) is 35.6 Å². The molecule has 1 N–H and O–H groups in total. The highest BCUT2D eigenvalue weighted by Gasteiger charge is 2.16. The number of carbonyl (C=O) groups excluding carboxylic acids is 1. The summed E-state index contributed by atoms with van der Waals surface area (Å²) in [6.07, 6.45) is 0. The molecule has 0 bridgehead atoms. The molecular formula is C14H20ClN3O. The zero-order valence-electron chi connectivity index (χ0n) is 11.4. The van der Waals surface area contributed by atoms with Crippen molar-refractivity contribution in [2.75, 3.05) is 45.1 Å². The first-order valence-electron chi connectivity index (χ1n) is 6.51. The maximum Gasteiger partial charge on any atom is 0.238 e. The smallest absolute Gasteiger partial charge is 0.238 e. The van der Waals surface area contributed by atoms with Crippen molar-refractivity contribution in [3.05, 3.63) is 28.8 Å². The molecule has 1 aromatic rings. The summed E-state index contributed by atoms with van der Waals surface area (Å²) in [4.78, 5) is 16.5. The van der Waals surface area contributed by atoms with Crippen LogP contribution in [0.5, 0.6) is 0 Å². The Morgan fingerprint density at radius 2 is 2.00 bits per heavy atom. The zero-order valence-corrected chi connectivity index (χ0v) is 12.2. The lowest BCUT2D eigenvalue weighted by atomic mass is 10.2.